The normalized spacial score (nSPS) is 11.0. The number of hydrogen-bond donors (Lipinski definition) is 2. The topological polar surface area (TPSA) is 59.0 Å². The number of nitrogens with zero attached hydrogens (tertiary/aromatic N) is 2. The first-order valence-corrected chi connectivity index (χ1v) is 9.43. The fourth-order valence-corrected chi connectivity index (χ4v) is 3.81. The highest BCUT2D eigenvalue weighted by molar-refractivity contribution is 7.12. The Bertz CT molecular complexity index is 1180. The fourth-order valence-electron chi connectivity index (χ4n) is 2.78. The zero-order valence-corrected chi connectivity index (χ0v) is 16.0. The number of amides is 1. The van der Waals surface area contributed by atoms with Crippen LogP contribution in [0.25, 0.3) is 16.6 Å². The van der Waals surface area contributed by atoms with Gasteiger partial charge in [-0.25, -0.2) is 13.5 Å². The van der Waals surface area contributed by atoms with Gasteiger partial charge in [-0.15, -0.1) is 11.3 Å². The summed E-state index contributed by atoms with van der Waals surface area (Å²) in [6.07, 6.45) is 1.57. The van der Waals surface area contributed by atoms with Crippen molar-refractivity contribution in [2.45, 2.75) is 0 Å². The SMILES string of the molecule is CNC(=O)c1cc(-n2ncc3cc(Nc4c([18F])cccc4Cl)c(F)cc32)cs1. The Kier molecular flexibility index (Phi) is 4.74. The van der Waals surface area contributed by atoms with E-state index in [0.29, 0.717) is 21.5 Å². The molecule has 0 aliphatic heterocycles. The number of carbonyl (C=O) groups excluding carboxylic acids is 1. The molecule has 0 saturated carbocycles. The van der Waals surface area contributed by atoms with Crippen LogP contribution < -0.4 is 10.6 Å². The number of benzene rings is 2. The van der Waals surface area contributed by atoms with E-state index in [1.807, 2.05) is 0 Å². The third-order valence-corrected chi connectivity index (χ3v) is 5.39. The maximum absolute atomic E-state index is 14.7. The Labute approximate surface area is 167 Å². The molecule has 4 rings (SSSR count). The molecular formula is C19H13ClF2N4OS. The Hall–Kier alpha value is -2.97. The molecule has 142 valence electrons. The number of para-hydroxylation sites is 1. The first kappa shape index (κ1) is 18.4. The molecule has 0 radical (unpaired) electrons. The molecular weight excluding hydrogens is 405 g/mol. The molecule has 0 saturated heterocycles. The minimum absolute atomic E-state index is 0.00265. The van der Waals surface area contributed by atoms with E-state index in [0.717, 1.165) is 0 Å². The smallest absolute Gasteiger partial charge is 0.261 e. The van der Waals surface area contributed by atoms with Crippen molar-refractivity contribution in [1.82, 2.24) is 15.1 Å². The van der Waals surface area contributed by atoms with Crippen LogP contribution in [0.3, 0.4) is 0 Å². The van der Waals surface area contributed by atoms with Crippen molar-refractivity contribution < 1.29 is 13.6 Å². The summed E-state index contributed by atoms with van der Waals surface area (Å²) >= 11 is 7.27. The van der Waals surface area contributed by atoms with Crippen LogP contribution in [0.1, 0.15) is 9.67 Å². The van der Waals surface area contributed by atoms with Gasteiger partial charge in [0.1, 0.15) is 11.6 Å². The zero-order valence-electron chi connectivity index (χ0n) is 14.5. The molecule has 2 aromatic heterocycles. The molecule has 28 heavy (non-hydrogen) atoms. The molecule has 9 heteroatoms. The van der Waals surface area contributed by atoms with Crippen LogP contribution >= 0.6 is 22.9 Å². The van der Waals surface area contributed by atoms with E-state index in [-0.39, 0.29) is 22.3 Å². The molecule has 0 aliphatic rings. The highest BCUT2D eigenvalue weighted by Crippen LogP contribution is 2.32. The summed E-state index contributed by atoms with van der Waals surface area (Å²) in [5, 5.41) is 12.1. The third kappa shape index (κ3) is 3.21. The molecule has 2 heterocycles. The van der Waals surface area contributed by atoms with Gasteiger partial charge in [0.2, 0.25) is 0 Å². The maximum atomic E-state index is 14.7. The number of rotatable bonds is 4. The largest absolute Gasteiger partial charge is 0.354 e. The maximum Gasteiger partial charge on any atom is 0.261 e. The molecule has 0 aliphatic carbocycles. The number of fused-ring (bicyclic) bond motifs is 1. The van der Waals surface area contributed by atoms with Gasteiger partial charge in [-0.1, -0.05) is 17.7 Å². The highest BCUT2D eigenvalue weighted by Gasteiger charge is 2.15. The predicted octanol–water partition coefficient (Wildman–Crippen LogP) is 5.12. The molecule has 0 spiro atoms. The van der Waals surface area contributed by atoms with E-state index in [2.05, 4.69) is 15.7 Å². The number of hydrogen-bond acceptors (Lipinski definition) is 4. The van der Waals surface area contributed by atoms with E-state index < -0.39 is 11.6 Å². The Morgan fingerprint density at radius 1 is 1.21 bits per heavy atom. The van der Waals surface area contributed by atoms with Crippen molar-refractivity contribution in [2.24, 2.45) is 0 Å². The summed E-state index contributed by atoms with van der Waals surface area (Å²) in [6.45, 7) is 0. The second-order valence-corrected chi connectivity index (χ2v) is 7.24. The van der Waals surface area contributed by atoms with Gasteiger partial charge in [-0.2, -0.15) is 5.10 Å². The number of nitrogens with one attached hydrogen (secondary N) is 2. The minimum Gasteiger partial charge on any atom is -0.354 e. The van der Waals surface area contributed by atoms with E-state index in [9.17, 15) is 13.6 Å². The van der Waals surface area contributed by atoms with Gasteiger partial charge in [-0.05, 0) is 24.3 Å². The van der Waals surface area contributed by atoms with Crippen molar-refractivity contribution in [3.8, 4) is 5.69 Å². The number of carbonyl (C=O) groups is 1. The standard InChI is InChI=1S/C19H13ClF2N4OS/c1-23-19(27)17-6-11(9-28-17)26-16-7-14(22)15(5-10(16)8-24-26)25-18-12(20)3-2-4-13(18)21/h2-9,25H,1H3,(H,23,27)/i21-1. The Balaban J connectivity index is 1.73. The zero-order chi connectivity index (χ0) is 19.8. The molecule has 5 nitrogen and oxygen atoms in total. The van der Waals surface area contributed by atoms with Crippen LogP contribution in [0.5, 0.6) is 0 Å². The summed E-state index contributed by atoms with van der Waals surface area (Å²) in [4.78, 5) is 12.3. The molecule has 1 amide bonds. The molecule has 0 unspecified atom stereocenters. The van der Waals surface area contributed by atoms with Crippen molar-refractivity contribution >= 4 is 51.1 Å². The monoisotopic (exact) mass is 417 g/mol. The summed E-state index contributed by atoms with van der Waals surface area (Å²) in [6, 6.07) is 8.74. The Morgan fingerprint density at radius 3 is 2.79 bits per heavy atom. The first-order valence-electron chi connectivity index (χ1n) is 8.17. The number of aromatic nitrogens is 2. The highest BCUT2D eigenvalue weighted by atomic mass is 35.5. The van der Waals surface area contributed by atoms with Crippen LogP contribution in [0.4, 0.5) is 20.2 Å². The van der Waals surface area contributed by atoms with Crippen LogP contribution in [-0.4, -0.2) is 22.7 Å². The van der Waals surface area contributed by atoms with E-state index >= 15 is 0 Å². The predicted molar refractivity (Wildman–Crippen MR) is 107 cm³/mol. The quantitative estimate of drug-likeness (QED) is 0.484. The van der Waals surface area contributed by atoms with Crippen molar-refractivity contribution in [3.05, 3.63) is 69.5 Å². The van der Waals surface area contributed by atoms with Gasteiger partial charge in [-0.3, -0.25) is 4.79 Å². The Morgan fingerprint density at radius 2 is 2.04 bits per heavy atom. The molecule has 0 fully saturated rings. The van der Waals surface area contributed by atoms with Crippen molar-refractivity contribution in [2.75, 3.05) is 12.4 Å². The average molecular weight is 418 g/mol. The van der Waals surface area contributed by atoms with Crippen LogP contribution in [0, 0.1) is 11.6 Å². The second-order valence-electron chi connectivity index (χ2n) is 5.92. The number of halogens is 3. The lowest BCUT2D eigenvalue weighted by molar-refractivity contribution is 0.0967. The van der Waals surface area contributed by atoms with E-state index in [1.165, 1.54) is 41.7 Å². The lowest BCUT2D eigenvalue weighted by Gasteiger charge is -2.11. The summed E-state index contributed by atoms with van der Waals surface area (Å²) in [7, 11) is 1.55. The van der Waals surface area contributed by atoms with Gasteiger partial charge >= 0.3 is 0 Å². The molecule has 0 bridgehead atoms. The molecule has 2 N–H and O–H groups in total. The minimum atomic E-state index is -0.588. The first-order chi connectivity index (χ1) is 13.5. The molecule has 4 aromatic rings. The van der Waals surface area contributed by atoms with Crippen LogP contribution in [0.15, 0.2) is 48.0 Å². The average Bonchev–Trinajstić information content (AvgIpc) is 3.31. The fraction of sp³-hybridized carbons (Fsp3) is 0.0526. The molecule has 2 aromatic carbocycles. The van der Waals surface area contributed by atoms with Crippen molar-refractivity contribution in [1.29, 1.82) is 0 Å². The number of anilines is 2. The lowest BCUT2D eigenvalue weighted by atomic mass is 10.2. The summed E-state index contributed by atoms with van der Waals surface area (Å²) in [5.41, 5.74) is 1.25. The van der Waals surface area contributed by atoms with Gasteiger partial charge in [0.15, 0.2) is 0 Å². The number of thiophene rings is 1. The van der Waals surface area contributed by atoms with Crippen LogP contribution in [0.2, 0.25) is 5.02 Å². The van der Waals surface area contributed by atoms with Crippen LogP contribution in [-0.2, 0) is 0 Å². The third-order valence-electron chi connectivity index (χ3n) is 4.16. The molecule has 0 atom stereocenters. The second kappa shape index (κ2) is 7.21. The summed E-state index contributed by atoms with van der Waals surface area (Å²) in [5.74, 6) is -1.37. The van der Waals surface area contributed by atoms with E-state index in [1.54, 1.807) is 29.4 Å². The van der Waals surface area contributed by atoms with Gasteiger partial charge in [0, 0.05) is 23.9 Å². The lowest BCUT2D eigenvalue weighted by Crippen LogP contribution is -2.16. The van der Waals surface area contributed by atoms with E-state index in [4.69, 9.17) is 11.6 Å². The van der Waals surface area contributed by atoms with Gasteiger partial charge in [0.25, 0.3) is 5.91 Å². The van der Waals surface area contributed by atoms with Gasteiger partial charge < -0.3 is 10.6 Å². The summed E-state index contributed by atoms with van der Waals surface area (Å²) < 4.78 is 30.2. The van der Waals surface area contributed by atoms with Crippen molar-refractivity contribution in [3.63, 3.8) is 0 Å². The van der Waals surface area contributed by atoms with Gasteiger partial charge in [0.05, 0.1) is 38.7 Å².